The normalized spacial score (nSPS) is 12.9. The van der Waals surface area contributed by atoms with Gasteiger partial charge in [-0.1, -0.05) is 208 Å². The van der Waals surface area contributed by atoms with Crippen LogP contribution in [-0.2, 0) is 28.6 Å². The van der Waals surface area contributed by atoms with Crippen molar-refractivity contribution in [3.8, 4) is 0 Å². The quantitative estimate of drug-likeness (QED) is 0.0262. The Morgan fingerprint density at radius 2 is 0.619 bits per heavy atom. The van der Waals surface area contributed by atoms with Gasteiger partial charge in [0, 0.05) is 19.3 Å². The molecule has 0 saturated carbocycles. The average molecular weight is 875 g/mol. The van der Waals surface area contributed by atoms with Gasteiger partial charge < -0.3 is 14.2 Å². The average Bonchev–Trinajstić information content (AvgIpc) is 3.28. The Kier molecular flexibility index (Phi) is 48.0. The molecule has 0 radical (unpaired) electrons. The molecule has 358 valence electrons. The van der Waals surface area contributed by atoms with Crippen LogP contribution in [0.2, 0.25) is 0 Å². The maximum absolute atomic E-state index is 12.8. The van der Waals surface area contributed by atoms with E-state index < -0.39 is 6.10 Å². The highest BCUT2D eigenvalue weighted by Gasteiger charge is 2.19. The molecule has 0 rings (SSSR count). The van der Waals surface area contributed by atoms with E-state index in [1.807, 2.05) is 0 Å². The lowest BCUT2D eigenvalue weighted by Crippen LogP contribution is -2.30. The van der Waals surface area contributed by atoms with Crippen LogP contribution in [0.1, 0.15) is 226 Å². The van der Waals surface area contributed by atoms with E-state index >= 15 is 0 Å². The van der Waals surface area contributed by atoms with E-state index in [1.165, 1.54) is 57.8 Å². The molecule has 0 spiro atoms. The van der Waals surface area contributed by atoms with Crippen LogP contribution < -0.4 is 0 Å². The van der Waals surface area contributed by atoms with Crippen LogP contribution in [0.15, 0.2) is 97.2 Å². The maximum Gasteiger partial charge on any atom is 0.306 e. The largest absolute Gasteiger partial charge is 0.462 e. The first-order valence-corrected chi connectivity index (χ1v) is 25.7. The second-order valence-corrected chi connectivity index (χ2v) is 16.7. The van der Waals surface area contributed by atoms with Crippen molar-refractivity contribution in [1.82, 2.24) is 0 Å². The summed E-state index contributed by atoms with van der Waals surface area (Å²) in [6.07, 6.45) is 66.7. The smallest absolute Gasteiger partial charge is 0.306 e. The highest BCUT2D eigenvalue weighted by atomic mass is 16.6. The predicted octanol–water partition coefficient (Wildman–Crippen LogP) is 17.0. The Balaban J connectivity index is 4.44. The molecule has 0 heterocycles. The minimum absolute atomic E-state index is 0.0934. The molecular weight excluding hydrogens is 781 g/mol. The van der Waals surface area contributed by atoms with Gasteiger partial charge in [0.2, 0.25) is 0 Å². The summed E-state index contributed by atoms with van der Waals surface area (Å²) >= 11 is 0. The number of esters is 3. The van der Waals surface area contributed by atoms with Crippen LogP contribution in [0, 0.1) is 0 Å². The summed E-state index contributed by atoms with van der Waals surface area (Å²) in [6, 6.07) is 0. The molecule has 0 aliphatic rings. The second-order valence-electron chi connectivity index (χ2n) is 16.7. The Labute approximate surface area is 387 Å². The summed E-state index contributed by atoms with van der Waals surface area (Å²) in [5, 5.41) is 0. The molecule has 0 aromatic heterocycles. The Hall–Kier alpha value is -3.67. The summed E-state index contributed by atoms with van der Waals surface area (Å²) in [5.74, 6) is -0.944. The van der Waals surface area contributed by atoms with Gasteiger partial charge in [-0.2, -0.15) is 0 Å². The molecule has 0 bridgehead atoms. The molecule has 6 nitrogen and oxygen atoms in total. The number of rotatable bonds is 45. The SMILES string of the molecule is CC/C=C\C/C=C\C/C=C\C/C=C\C/C=C\CCCCCC(=O)OCC(COC(=O)CCCCCCCCCCCC)OC(=O)CCCCCCCC/C=C\C/C=C\C/C=C\CC. The van der Waals surface area contributed by atoms with Crippen molar-refractivity contribution < 1.29 is 28.6 Å². The number of hydrogen-bond acceptors (Lipinski definition) is 6. The van der Waals surface area contributed by atoms with E-state index in [-0.39, 0.29) is 31.1 Å². The third-order valence-corrected chi connectivity index (χ3v) is 10.6. The number of hydrogen-bond donors (Lipinski definition) is 0. The van der Waals surface area contributed by atoms with Gasteiger partial charge in [-0.3, -0.25) is 14.4 Å². The van der Waals surface area contributed by atoms with E-state index in [1.54, 1.807) is 0 Å². The monoisotopic (exact) mass is 875 g/mol. The summed E-state index contributed by atoms with van der Waals surface area (Å²) in [5.41, 5.74) is 0. The number of carbonyl (C=O) groups excluding carboxylic acids is 3. The molecule has 0 aliphatic carbocycles. The zero-order chi connectivity index (χ0) is 45.8. The van der Waals surface area contributed by atoms with Gasteiger partial charge in [-0.25, -0.2) is 0 Å². The number of unbranched alkanes of at least 4 members (excludes halogenated alkanes) is 18. The third-order valence-electron chi connectivity index (χ3n) is 10.6. The minimum Gasteiger partial charge on any atom is -0.462 e. The summed E-state index contributed by atoms with van der Waals surface area (Å²) in [7, 11) is 0. The van der Waals surface area contributed by atoms with Crippen molar-refractivity contribution in [3.05, 3.63) is 97.2 Å². The Morgan fingerprint density at radius 3 is 0.984 bits per heavy atom. The molecule has 1 unspecified atom stereocenters. The van der Waals surface area contributed by atoms with Gasteiger partial charge in [0.1, 0.15) is 13.2 Å². The first kappa shape index (κ1) is 59.3. The second kappa shape index (κ2) is 51.0. The van der Waals surface area contributed by atoms with E-state index in [9.17, 15) is 14.4 Å². The van der Waals surface area contributed by atoms with Gasteiger partial charge in [0.05, 0.1) is 0 Å². The van der Waals surface area contributed by atoms with Crippen molar-refractivity contribution in [2.45, 2.75) is 232 Å². The van der Waals surface area contributed by atoms with Crippen LogP contribution in [0.5, 0.6) is 0 Å². The van der Waals surface area contributed by atoms with Crippen LogP contribution in [-0.4, -0.2) is 37.2 Å². The highest BCUT2D eigenvalue weighted by Crippen LogP contribution is 2.14. The fourth-order valence-electron chi connectivity index (χ4n) is 6.78. The Bertz CT molecular complexity index is 1280. The molecule has 1 atom stereocenters. The van der Waals surface area contributed by atoms with Crippen LogP contribution in [0.25, 0.3) is 0 Å². The fraction of sp³-hybridized carbons (Fsp3) is 0.667. The van der Waals surface area contributed by atoms with Crippen molar-refractivity contribution in [3.63, 3.8) is 0 Å². The molecule has 0 saturated heterocycles. The Morgan fingerprint density at radius 1 is 0.333 bits per heavy atom. The van der Waals surface area contributed by atoms with Crippen molar-refractivity contribution in [1.29, 1.82) is 0 Å². The molecule has 0 fully saturated rings. The van der Waals surface area contributed by atoms with E-state index in [0.717, 1.165) is 128 Å². The van der Waals surface area contributed by atoms with Gasteiger partial charge in [-0.15, -0.1) is 0 Å². The summed E-state index contributed by atoms with van der Waals surface area (Å²) in [4.78, 5) is 37.9. The number of ether oxygens (including phenoxy) is 3. The van der Waals surface area contributed by atoms with Crippen molar-refractivity contribution >= 4 is 17.9 Å². The van der Waals surface area contributed by atoms with E-state index in [2.05, 4.69) is 118 Å². The molecule has 0 amide bonds. The molecule has 63 heavy (non-hydrogen) atoms. The van der Waals surface area contributed by atoms with Crippen molar-refractivity contribution in [2.24, 2.45) is 0 Å². The molecule has 0 aromatic rings. The molecule has 0 aromatic carbocycles. The summed E-state index contributed by atoms with van der Waals surface area (Å²) in [6.45, 7) is 6.35. The number of allylic oxidation sites excluding steroid dienone is 16. The van der Waals surface area contributed by atoms with Gasteiger partial charge in [0.25, 0.3) is 0 Å². The molecule has 0 aliphatic heterocycles. The minimum atomic E-state index is -0.796. The lowest BCUT2D eigenvalue weighted by molar-refractivity contribution is -0.167. The first-order valence-electron chi connectivity index (χ1n) is 25.7. The van der Waals surface area contributed by atoms with E-state index in [0.29, 0.717) is 19.3 Å². The van der Waals surface area contributed by atoms with Crippen LogP contribution in [0.3, 0.4) is 0 Å². The van der Waals surface area contributed by atoms with E-state index in [4.69, 9.17) is 14.2 Å². The first-order chi connectivity index (χ1) is 31.0. The molecule has 6 heteroatoms. The van der Waals surface area contributed by atoms with Gasteiger partial charge in [0.15, 0.2) is 6.10 Å². The zero-order valence-corrected chi connectivity index (χ0v) is 40.8. The maximum atomic E-state index is 12.8. The predicted molar refractivity (Wildman–Crippen MR) is 270 cm³/mol. The fourth-order valence-corrected chi connectivity index (χ4v) is 6.78. The topological polar surface area (TPSA) is 78.9 Å². The lowest BCUT2D eigenvalue weighted by atomic mass is 10.1. The highest BCUT2D eigenvalue weighted by molar-refractivity contribution is 5.71. The van der Waals surface area contributed by atoms with Crippen LogP contribution in [0.4, 0.5) is 0 Å². The number of carbonyl (C=O) groups is 3. The van der Waals surface area contributed by atoms with Crippen LogP contribution >= 0.6 is 0 Å². The lowest BCUT2D eigenvalue weighted by Gasteiger charge is -2.18. The van der Waals surface area contributed by atoms with Gasteiger partial charge >= 0.3 is 17.9 Å². The standard InChI is InChI=1S/C57H94O6/c1-4-7-10-13-16-19-22-24-26-28-29-30-32-33-35-38-41-44-47-50-56(59)62-53-54(52-61-55(58)49-46-43-40-37-21-18-15-12-9-6-3)63-57(60)51-48-45-42-39-36-34-31-27-25-23-20-17-14-11-8-5-2/h7-8,10-11,16-17,19-20,24-27,29-30,33,35,54H,4-6,9,12-15,18,21-23,28,31-32,34,36-53H2,1-3H3/b10-7-,11-8-,19-16-,20-17-,26-24-,27-25-,30-29-,35-33-. The third kappa shape index (κ3) is 49.2. The zero-order valence-electron chi connectivity index (χ0n) is 40.8. The van der Waals surface area contributed by atoms with Crippen molar-refractivity contribution in [2.75, 3.05) is 13.2 Å². The van der Waals surface area contributed by atoms with Gasteiger partial charge in [-0.05, 0) is 96.3 Å². The summed E-state index contributed by atoms with van der Waals surface area (Å²) < 4.78 is 16.7. The molecule has 0 N–H and O–H groups in total. The molecular formula is C57H94O6.